The van der Waals surface area contributed by atoms with E-state index in [1.165, 1.54) is 10.8 Å². The van der Waals surface area contributed by atoms with Gasteiger partial charge in [0.15, 0.2) is 5.79 Å². The third kappa shape index (κ3) is 17.1. The zero-order valence-corrected chi connectivity index (χ0v) is 70.7. The van der Waals surface area contributed by atoms with Gasteiger partial charge in [-0.2, -0.15) is 0 Å². The number of fused-ring (bicyclic) bond motifs is 11. The summed E-state index contributed by atoms with van der Waals surface area (Å²) >= 11 is 0. The van der Waals surface area contributed by atoms with Crippen LogP contribution in [0.1, 0.15) is 170 Å². The molecule has 18 nitrogen and oxygen atoms in total. The van der Waals surface area contributed by atoms with Crippen LogP contribution >= 0.6 is 0 Å². The molecule has 0 saturated carbocycles. The number of rotatable bonds is 19. The molecule has 12 aliphatic heterocycles. The highest BCUT2D eigenvalue weighted by atomic mass is 28.4. The van der Waals surface area contributed by atoms with Gasteiger partial charge in [0.25, 0.3) is 0 Å². The van der Waals surface area contributed by atoms with Gasteiger partial charge in [0, 0.05) is 50.4 Å². The first-order chi connectivity index (χ1) is 55.6. The van der Waals surface area contributed by atoms with Gasteiger partial charge in [0.1, 0.15) is 54.4 Å². The Hall–Kier alpha value is -4.92. The third-order valence-corrected chi connectivity index (χ3v) is 34.7. The molecule has 115 heavy (non-hydrogen) atoms. The molecule has 0 aromatic heterocycles. The Morgan fingerprint density at radius 1 is 0.443 bits per heavy atom. The summed E-state index contributed by atoms with van der Waals surface area (Å²) in [6.07, 6.45) is 9.28. The first kappa shape index (κ1) is 82.4. The maximum Gasteiger partial charge on any atom is 0.200 e. The van der Waals surface area contributed by atoms with Gasteiger partial charge in [-0.1, -0.05) is 233 Å². The van der Waals surface area contributed by atoms with Crippen LogP contribution in [0.25, 0.3) is 10.8 Å². The molecule has 17 rings (SSSR count). The standard InChI is InChI=1S/C96H128O18Si/c1-56(2)115(57(3)4,58(5)6)114-90-62(10)88-84(111-89-61(9)63(11)96(113-94(89)90)50-70(97)55-102-96)47-79-77(110-88)42-59(7)43-82-81(106-79)49-87-95(12,112-82)86(99-51-64-26-16-13-17-27-64)48-80-72(108-87)35-25-24-34-71-73(105-80)38-39-75-74(103-71)40-41-76-78(104-75)46-85-92(109-76)93(101-53-66-30-20-15-21-31-66)91(100-52-65-28-18-14-19-29-65)83(107-85)44-60(8)98-54-67-36-37-68-32-22-23-33-69(68)45-67/h13-33,36-41,45,56-63,70-94,97H,34-35,42-44,46-55H2,1-12H3/b25-24-/t59-,60+,61+,62-,63+,70+,71-,72+,73+,74+,75-,76-,77+,78+,79-,80-,81+,82-,83+,84+,85-,86-,87-,88-,89-,90+,91+,92-,93-,94-,95+,96-/m1/s1. The van der Waals surface area contributed by atoms with E-state index in [9.17, 15) is 5.11 Å². The van der Waals surface area contributed by atoms with Gasteiger partial charge in [-0.15, -0.1) is 0 Å². The first-order valence-electron chi connectivity index (χ1n) is 44.0. The van der Waals surface area contributed by atoms with Crippen molar-refractivity contribution >= 4 is 19.1 Å². The summed E-state index contributed by atoms with van der Waals surface area (Å²) in [5.41, 5.74) is 4.47. The second-order valence-corrected chi connectivity index (χ2v) is 42.6. The van der Waals surface area contributed by atoms with Crippen LogP contribution in [0.5, 0.6) is 0 Å². The Morgan fingerprint density at radius 2 is 1.00 bits per heavy atom. The maximum atomic E-state index is 11.1. The van der Waals surface area contributed by atoms with E-state index in [2.05, 4.69) is 211 Å². The molecular formula is C96H128O18Si. The van der Waals surface area contributed by atoms with Gasteiger partial charge in [-0.25, -0.2) is 0 Å². The van der Waals surface area contributed by atoms with E-state index >= 15 is 0 Å². The number of benzene rings is 5. The van der Waals surface area contributed by atoms with Crippen LogP contribution in [-0.4, -0.2) is 190 Å². The summed E-state index contributed by atoms with van der Waals surface area (Å²) in [6, 6.07) is 46.1. The van der Waals surface area contributed by atoms with Gasteiger partial charge in [-0.05, 0) is 107 Å². The molecule has 0 amide bonds. The molecule has 5 aromatic rings. The lowest BCUT2D eigenvalue weighted by atomic mass is 9.75. The summed E-state index contributed by atoms with van der Waals surface area (Å²) in [4.78, 5) is 0. The summed E-state index contributed by atoms with van der Waals surface area (Å²) in [7, 11) is -2.51. The lowest BCUT2D eigenvalue weighted by Gasteiger charge is -2.54. The maximum absolute atomic E-state index is 11.1. The van der Waals surface area contributed by atoms with Crippen LogP contribution < -0.4 is 0 Å². The molecule has 1 N–H and O–H groups in total. The lowest BCUT2D eigenvalue weighted by Crippen LogP contribution is -2.64. The van der Waals surface area contributed by atoms with Crippen LogP contribution in [0.15, 0.2) is 170 Å². The number of hydrogen-bond acceptors (Lipinski definition) is 18. The van der Waals surface area contributed by atoms with Gasteiger partial charge in [0.05, 0.1) is 143 Å². The summed E-state index contributed by atoms with van der Waals surface area (Å²) in [5.74, 6) is -0.841. The fraction of sp³-hybridized carbons (Fsp3) is 0.646. The molecule has 0 unspecified atom stereocenters. The first-order valence-corrected chi connectivity index (χ1v) is 46.1. The molecule has 9 saturated heterocycles. The predicted octanol–water partition coefficient (Wildman–Crippen LogP) is 16.7. The van der Waals surface area contributed by atoms with Gasteiger partial charge < -0.3 is 85.3 Å². The van der Waals surface area contributed by atoms with Crippen LogP contribution in [0.3, 0.4) is 0 Å². The highest BCUT2D eigenvalue weighted by Crippen LogP contribution is 2.55. The Labute approximate surface area is 683 Å². The smallest absolute Gasteiger partial charge is 0.200 e. The van der Waals surface area contributed by atoms with Crippen LogP contribution in [0.2, 0.25) is 16.6 Å². The van der Waals surface area contributed by atoms with E-state index in [4.69, 9.17) is 80.2 Å². The predicted molar refractivity (Wildman–Crippen MR) is 440 cm³/mol. The number of aliphatic hydroxyl groups is 1. The fourth-order valence-electron chi connectivity index (χ4n) is 22.4. The molecule has 624 valence electrons. The van der Waals surface area contributed by atoms with Crippen molar-refractivity contribution in [2.75, 3.05) is 6.61 Å². The van der Waals surface area contributed by atoms with E-state index in [0.29, 0.717) is 94.4 Å². The Balaban J connectivity index is 0.615. The van der Waals surface area contributed by atoms with E-state index in [0.717, 1.165) is 35.1 Å². The zero-order valence-electron chi connectivity index (χ0n) is 69.7. The molecule has 0 bridgehead atoms. The van der Waals surface area contributed by atoms with Crippen molar-refractivity contribution in [2.45, 2.75) is 360 Å². The molecule has 12 heterocycles. The molecule has 9 fully saturated rings. The normalized spacial score (nSPS) is 41.7. The van der Waals surface area contributed by atoms with Gasteiger partial charge in [-0.3, -0.25) is 0 Å². The average molecular weight is 1600 g/mol. The number of aliphatic hydroxyl groups excluding tert-OH is 1. The minimum atomic E-state index is -2.51. The number of ether oxygens (including phenoxy) is 16. The molecule has 32 atom stereocenters. The molecule has 19 heteroatoms. The average Bonchev–Trinajstić information content (AvgIpc) is 1.65. The lowest BCUT2D eigenvalue weighted by molar-refractivity contribution is -0.338. The van der Waals surface area contributed by atoms with Crippen molar-refractivity contribution in [1.82, 2.24) is 0 Å². The number of hydrogen-bond donors (Lipinski definition) is 1. The van der Waals surface area contributed by atoms with Crippen molar-refractivity contribution in [1.29, 1.82) is 0 Å². The van der Waals surface area contributed by atoms with Crippen LogP contribution in [0.4, 0.5) is 0 Å². The molecular weight excluding hydrogens is 1470 g/mol. The van der Waals surface area contributed by atoms with Crippen molar-refractivity contribution in [3.8, 4) is 0 Å². The minimum absolute atomic E-state index is 0.0222. The van der Waals surface area contributed by atoms with E-state index in [1.807, 2.05) is 42.5 Å². The quantitative estimate of drug-likeness (QED) is 0.0609. The van der Waals surface area contributed by atoms with Crippen molar-refractivity contribution in [3.63, 3.8) is 0 Å². The van der Waals surface area contributed by atoms with Crippen molar-refractivity contribution < 1.29 is 85.3 Å². The highest BCUT2D eigenvalue weighted by molar-refractivity contribution is 6.77. The molecule has 12 aliphatic rings. The van der Waals surface area contributed by atoms with Gasteiger partial charge >= 0.3 is 0 Å². The zero-order chi connectivity index (χ0) is 79.4. The third-order valence-electron chi connectivity index (χ3n) is 28.6. The molecule has 0 aliphatic carbocycles. The Kier molecular flexibility index (Phi) is 25.3. The Bertz CT molecular complexity index is 4070. The second kappa shape index (κ2) is 35.3. The second-order valence-electron chi connectivity index (χ2n) is 37.2. The van der Waals surface area contributed by atoms with Crippen molar-refractivity contribution in [3.05, 3.63) is 192 Å². The van der Waals surface area contributed by atoms with Gasteiger partial charge in [0.2, 0.25) is 8.32 Å². The van der Waals surface area contributed by atoms with E-state index in [-0.39, 0.29) is 104 Å². The minimum Gasteiger partial charge on any atom is -0.410 e. The molecule has 5 aromatic carbocycles. The highest BCUT2D eigenvalue weighted by Gasteiger charge is 2.65. The summed E-state index contributed by atoms with van der Waals surface area (Å²) in [6.45, 7) is 29.5. The summed E-state index contributed by atoms with van der Waals surface area (Å²) in [5, 5.41) is 13.5. The van der Waals surface area contributed by atoms with Crippen LogP contribution in [-0.2, 0) is 107 Å². The molecule has 0 radical (unpaired) electrons. The Morgan fingerprint density at radius 3 is 1.67 bits per heavy atom. The van der Waals surface area contributed by atoms with Crippen molar-refractivity contribution in [2.24, 2.45) is 23.7 Å². The SMILES string of the molecule is CC(C)[Si](O[C@H]1[C@H](C)[C@H]2O[C@H]3C[C@@H](C)C[C@H]4O[C@@]5(C)[C@H](OCc6ccccc6)C[C@H]6O[C@H]7C=C[C@H]8O[C@H]9C[C@H]%10O[C@@H](C[C@H](C)OCc%11ccc%12ccccc%12c%11)[C@H](OCc%11ccccc%11)[C@@H](OCc%11ccccc%11)[C@@H]%10O[C@@H]9C=C[C@@H]8O[C@@H]7C/C=C\C[C@@H]6O[C@@H]5C[C@@H]4O[C@@H]3C[C@@H]2O[C@@H]2[C@@H](C)[C@H](C)[C@@]3(C[C@H](O)CO3)O[C@H]21)(C(C)C)C(C)C. The van der Waals surface area contributed by atoms with E-state index < -0.39 is 105 Å². The monoisotopic (exact) mass is 1600 g/mol. The fourth-order valence-corrected chi connectivity index (χ4v) is 28.0. The largest absolute Gasteiger partial charge is 0.410 e. The van der Waals surface area contributed by atoms with E-state index in [1.54, 1.807) is 0 Å². The van der Waals surface area contributed by atoms with Crippen LogP contribution in [0, 0.1) is 23.7 Å². The topological polar surface area (TPSA) is 177 Å². The molecule has 1 spiro atoms. The summed E-state index contributed by atoms with van der Waals surface area (Å²) < 4.78 is 126.